The normalized spacial score (nSPS) is 10.6. The highest BCUT2D eigenvalue weighted by Gasteiger charge is 2.10. The average molecular weight is 361 g/mol. The molecule has 0 aliphatic heterocycles. The first-order chi connectivity index (χ1) is 13.0. The molecule has 1 aromatic heterocycles. The second-order valence-electron chi connectivity index (χ2n) is 6.45. The van der Waals surface area contributed by atoms with Gasteiger partial charge in [0.25, 0.3) is 0 Å². The number of ether oxygens (including phenoxy) is 1. The predicted octanol–water partition coefficient (Wildman–Crippen LogP) is 4.24. The Kier molecular flexibility index (Phi) is 5.52. The van der Waals surface area contributed by atoms with Gasteiger partial charge in [0.15, 0.2) is 0 Å². The van der Waals surface area contributed by atoms with E-state index < -0.39 is 0 Å². The van der Waals surface area contributed by atoms with E-state index in [1.54, 1.807) is 7.11 Å². The van der Waals surface area contributed by atoms with Crippen molar-refractivity contribution in [3.05, 3.63) is 66.9 Å². The summed E-state index contributed by atoms with van der Waals surface area (Å²) in [6.07, 6.45) is 3.08. The van der Waals surface area contributed by atoms with Crippen LogP contribution in [0.1, 0.15) is 5.56 Å². The number of aromatic nitrogens is 1. The first-order valence-corrected chi connectivity index (χ1v) is 8.65. The van der Waals surface area contributed by atoms with E-state index in [1.165, 1.54) is 6.08 Å². The summed E-state index contributed by atoms with van der Waals surface area (Å²) < 4.78 is 5.24. The highest BCUT2D eigenvalue weighted by Crippen LogP contribution is 2.31. The quantitative estimate of drug-likeness (QED) is 0.667. The highest BCUT2D eigenvalue weighted by atomic mass is 16.5. The molecule has 27 heavy (non-hydrogen) atoms. The van der Waals surface area contributed by atoms with Crippen molar-refractivity contribution in [3.8, 4) is 11.1 Å². The van der Waals surface area contributed by atoms with E-state index in [2.05, 4.69) is 27.8 Å². The van der Waals surface area contributed by atoms with Crippen molar-refractivity contribution in [1.82, 2.24) is 4.98 Å². The van der Waals surface area contributed by atoms with E-state index in [9.17, 15) is 4.79 Å². The van der Waals surface area contributed by atoms with Crippen LogP contribution >= 0.6 is 0 Å². The first kappa shape index (κ1) is 18.6. The van der Waals surface area contributed by atoms with Crippen LogP contribution < -0.4 is 10.2 Å². The maximum atomic E-state index is 11.8. The summed E-state index contributed by atoms with van der Waals surface area (Å²) in [7, 11) is 5.67. The molecule has 1 N–H and O–H groups in total. The smallest absolute Gasteiger partial charge is 0.247 e. The van der Waals surface area contributed by atoms with Crippen molar-refractivity contribution < 1.29 is 9.53 Å². The predicted molar refractivity (Wildman–Crippen MR) is 111 cm³/mol. The summed E-state index contributed by atoms with van der Waals surface area (Å²) >= 11 is 0. The molecule has 0 spiro atoms. The standard InChI is InChI=1S/C22H23N3O2/c1-5-22(26)24-20-13-16(6-7-17(20)14-27-4)15-8-9-19-18(12-15)21(25(2)3)10-11-23-19/h5-13H,1,14H2,2-4H3,(H,24,26). The number of nitrogens with zero attached hydrogens (tertiary/aromatic N) is 2. The lowest BCUT2D eigenvalue weighted by molar-refractivity contribution is -0.111. The molecule has 138 valence electrons. The molecule has 5 nitrogen and oxygen atoms in total. The van der Waals surface area contributed by atoms with Gasteiger partial charge in [0, 0.05) is 49.7 Å². The lowest BCUT2D eigenvalue weighted by Crippen LogP contribution is -2.10. The van der Waals surface area contributed by atoms with Crippen LogP contribution in [0.2, 0.25) is 0 Å². The number of nitrogens with one attached hydrogen (secondary N) is 1. The Bertz CT molecular complexity index is 996. The van der Waals surface area contributed by atoms with Crippen LogP contribution in [0.25, 0.3) is 22.0 Å². The largest absolute Gasteiger partial charge is 0.380 e. The molecule has 0 aliphatic carbocycles. The van der Waals surface area contributed by atoms with E-state index in [0.29, 0.717) is 6.61 Å². The van der Waals surface area contributed by atoms with Crippen LogP contribution in [0, 0.1) is 0 Å². The number of anilines is 2. The van der Waals surface area contributed by atoms with E-state index in [-0.39, 0.29) is 5.91 Å². The molecule has 0 radical (unpaired) electrons. The maximum absolute atomic E-state index is 11.8. The van der Waals surface area contributed by atoms with Crippen LogP contribution in [0.4, 0.5) is 11.4 Å². The molecule has 0 unspecified atom stereocenters. The molecule has 0 saturated carbocycles. The third kappa shape index (κ3) is 3.99. The molecule has 0 atom stereocenters. The van der Waals surface area contributed by atoms with Gasteiger partial charge in [-0.05, 0) is 41.5 Å². The van der Waals surface area contributed by atoms with Gasteiger partial charge in [-0.3, -0.25) is 9.78 Å². The zero-order valence-corrected chi connectivity index (χ0v) is 15.8. The molecular weight excluding hydrogens is 338 g/mol. The number of amides is 1. The SMILES string of the molecule is C=CC(=O)Nc1cc(-c2ccc3nccc(N(C)C)c3c2)ccc1COC. The number of rotatable bonds is 6. The Balaban J connectivity index is 2.10. The Labute approximate surface area is 159 Å². The van der Waals surface area contributed by atoms with Gasteiger partial charge in [0.2, 0.25) is 5.91 Å². The second-order valence-corrected chi connectivity index (χ2v) is 6.45. The number of hydrogen-bond acceptors (Lipinski definition) is 4. The molecule has 3 rings (SSSR count). The highest BCUT2D eigenvalue weighted by molar-refractivity contribution is 6.00. The Morgan fingerprint density at radius 3 is 2.63 bits per heavy atom. The summed E-state index contributed by atoms with van der Waals surface area (Å²) in [5, 5.41) is 3.95. The van der Waals surface area contributed by atoms with Crippen molar-refractivity contribution in [1.29, 1.82) is 0 Å². The average Bonchev–Trinajstić information content (AvgIpc) is 2.68. The third-order valence-electron chi connectivity index (χ3n) is 4.39. The molecule has 0 bridgehead atoms. The molecule has 2 aromatic carbocycles. The minimum absolute atomic E-state index is 0.248. The van der Waals surface area contributed by atoms with E-state index in [1.807, 2.05) is 56.7 Å². The number of hydrogen-bond donors (Lipinski definition) is 1. The van der Waals surface area contributed by atoms with E-state index in [4.69, 9.17) is 4.74 Å². The van der Waals surface area contributed by atoms with Crippen LogP contribution in [0.5, 0.6) is 0 Å². The maximum Gasteiger partial charge on any atom is 0.247 e. The second kappa shape index (κ2) is 8.01. The number of carbonyl (C=O) groups excluding carboxylic acids is 1. The van der Waals surface area contributed by atoms with E-state index in [0.717, 1.165) is 39.0 Å². The van der Waals surface area contributed by atoms with Crippen LogP contribution in [-0.2, 0) is 16.1 Å². The van der Waals surface area contributed by atoms with Gasteiger partial charge in [-0.25, -0.2) is 0 Å². The van der Waals surface area contributed by atoms with Crippen molar-refractivity contribution in [2.75, 3.05) is 31.4 Å². The fourth-order valence-electron chi connectivity index (χ4n) is 3.04. The van der Waals surface area contributed by atoms with E-state index >= 15 is 0 Å². The minimum atomic E-state index is -0.248. The molecule has 0 saturated heterocycles. The van der Waals surface area contributed by atoms with Crippen molar-refractivity contribution in [2.24, 2.45) is 0 Å². The lowest BCUT2D eigenvalue weighted by Gasteiger charge is -2.16. The summed E-state index contributed by atoms with van der Waals surface area (Å²) in [6, 6.07) is 14.2. The molecule has 5 heteroatoms. The Morgan fingerprint density at radius 1 is 1.19 bits per heavy atom. The van der Waals surface area contributed by atoms with Crippen LogP contribution in [0.3, 0.4) is 0 Å². The monoisotopic (exact) mass is 361 g/mol. The number of fused-ring (bicyclic) bond motifs is 1. The van der Waals surface area contributed by atoms with Crippen molar-refractivity contribution in [2.45, 2.75) is 6.61 Å². The summed E-state index contributed by atoms with van der Waals surface area (Å²) in [5.41, 5.74) is 5.74. The fourth-order valence-corrected chi connectivity index (χ4v) is 3.04. The zero-order chi connectivity index (χ0) is 19.4. The fraction of sp³-hybridized carbons (Fsp3) is 0.182. The number of methoxy groups -OCH3 is 1. The molecular formula is C22H23N3O2. The van der Waals surface area contributed by atoms with Crippen molar-refractivity contribution in [3.63, 3.8) is 0 Å². The first-order valence-electron chi connectivity index (χ1n) is 8.65. The van der Waals surface area contributed by atoms with Gasteiger partial charge in [-0.2, -0.15) is 0 Å². The lowest BCUT2D eigenvalue weighted by atomic mass is 10.00. The van der Waals surface area contributed by atoms with Gasteiger partial charge in [0.1, 0.15) is 0 Å². The Morgan fingerprint density at radius 2 is 1.93 bits per heavy atom. The van der Waals surface area contributed by atoms with Crippen LogP contribution in [-0.4, -0.2) is 32.1 Å². The number of benzene rings is 2. The number of carbonyl (C=O) groups is 1. The molecule has 0 fully saturated rings. The molecule has 1 heterocycles. The van der Waals surface area contributed by atoms with Gasteiger partial charge in [-0.15, -0.1) is 0 Å². The van der Waals surface area contributed by atoms with Gasteiger partial charge in [0.05, 0.1) is 12.1 Å². The van der Waals surface area contributed by atoms with Gasteiger partial charge in [-0.1, -0.05) is 24.8 Å². The minimum Gasteiger partial charge on any atom is -0.380 e. The van der Waals surface area contributed by atoms with Gasteiger partial charge >= 0.3 is 0 Å². The number of pyridine rings is 1. The van der Waals surface area contributed by atoms with Crippen molar-refractivity contribution >= 4 is 28.2 Å². The summed E-state index contributed by atoms with van der Waals surface area (Å²) in [5.74, 6) is -0.248. The molecule has 1 amide bonds. The summed E-state index contributed by atoms with van der Waals surface area (Å²) in [4.78, 5) is 18.3. The Hall–Kier alpha value is -3.18. The summed E-state index contributed by atoms with van der Waals surface area (Å²) in [6.45, 7) is 3.93. The topological polar surface area (TPSA) is 54.5 Å². The zero-order valence-electron chi connectivity index (χ0n) is 15.8. The van der Waals surface area contributed by atoms with Gasteiger partial charge < -0.3 is 15.0 Å². The van der Waals surface area contributed by atoms with Crippen LogP contribution in [0.15, 0.2) is 61.3 Å². The molecule has 3 aromatic rings. The third-order valence-corrected chi connectivity index (χ3v) is 4.39. The molecule has 0 aliphatic rings.